The molecule has 0 aromatic heterocycles. The lowest BCUT2D eigenvalue weighted by molar-refractivity contribution is -0.660. The summed E-state index contributed by atoms with van der Waals surface area (Å²) in [7, 11) is 3.11. The minimum absolute atomic E-state index is 0.144. The Morgan fingerprint density at radius 1 is 0.806 bits per heavy atom. The van der Waals surface area contributed by atoms with E-state index in [-0.39, 0.29) is 31.1 Å². The zero-order valence-electron chi connectivity index (χ0n) is 23.8. The number of nitrogens with two attached hydrogens (primary N) is 2. The predicted molar refractivity (Wildman–Crippen MR) is 138 cm³/mol. The molecule has 0 aliphatic carbocycles. The van der Waals surface area contributed by atoms with Gasteiger partial charge in [0.1, 0.15) is 23.3 Å². The van der Waals surface area contributed by atoms with E-state index < -0.39 is 33.4 Å². The Labute approximate surface area is 215 Å². The van der Waals surface area contributed by atoms with Crippen molar-refractivity contribution in [2.24, 2.45) is 26.8 Å². The molecule has 202 valence electrons. The van der Waals surface area contributed by atoms with Crippen molar-refractivity contribution in [1.82, 2.24) is 0 Å². The zero-order valence-corrected chi connectivity index (χ0v) is 23.8. The van der Waals surface area contributed by atoms with Crippen LogP contribution < -0.4 is 11.5 Å². The summed E-state index contributed by atoms with van der Waals surface area (Å²) in [5, 5.41) is 49.7. The number of amidine groups is 2. The second-order valence-corrected chi connectivity index (χ2v) is 11.6. The first kappa shape index (κ1) is 33.0. The second-order valence-electron chi connectivity index (χ2n) is 11.6. The monoisotopic (exact) mass is 505 g/mol. The molecule has 0 saturated heterocycles. The van der Waals surface area contributed by atoms with Gasteiger partial charge in [-0.2, -0.15) is 20.8 Å². The average Bonchev–Trinajstić information content (AvgIpc) is 2.76. The van der Waals surface area contributed by atoms with E-state index in [2.05, 4.69) is 22.4 Å². The molecule has 0 heterocycles. The third-order valence-electron chi connectivity index (χ3n) is 6.26. The molecule has 0 aliphatic rings. The lowest BCUT2D eigenvalue weighted by Crippen LogP contribution is -2.54. The van der Waals surface area contributed by atoms with Gasteiger partial charge < -0.3 is 20.9 Å². The molecule has 12 heteroatoms. The number of nitriles is 2. The van der Waals surface area contributed by atoms with Crippen LogP contribution in [-0.2, 0) is 9.47 Å². The minimum atomic E-state index is -1.45. The van der Waals surface area contributed by atoms with E-state index in [4.69, 9.17) is 36.9 Å². The van der Waals surface area contributed by atoms with Crippen molar-refractivity contribution < 1.29 is 14.2 Å². The molecular weight excluding hydrogens is 460 g/mol. The van der Waals surface area contributed by atoms with Crippen LogP contribution in [0.5, 0.6) is 0 Å². The topological polar surface area (TPSA) is 206 Å². The SMILES string of the molecule is COC(C)(C)CC(C)(C#N)N=[N+](CC(C)(N=NC(C)(C)C(=N)N)C(=N)N)C(C)(C#N)CC(C)(C)OC. The fourth-order valence-electron chi connectivity index (χ4n) is 3.43. The highest BCUT2D eigenvalue weighted by molar-refractivity contribution is 5.88. The van der Waals surface area contributed by atoms with Crippen LogP contribution in [0.2, 0.25) is 0 Å². The van der Waals surface area contributed by atoms with Crippen molar-refractivity contribution in [1.29, 1.82) is 21.3 Å². The van der Waals surface area contributed by atoms with Crippen molar-refractivity contribution >= 4 is 11.7 Å². The Morgan fingerprint density at radius 3 is 1.64 bits per heavy atom. The molecular formula is C24H45N10O2+. The molecule has 12 nitrogen and oxygen atoms in total. The number of ether oxygens (including phenoxy) is 2. The Balaban J connectivity index is 7.10. The Bertz CT molecular complexity index is 972. The maximum Gasteiger partial charge on any atom is 0.272 e. The maximum atomic E-state index is 10.3. The van der Waals surface area contributed by atoms with E-state index in [0.717, 1.165) is 0 Å². The molecule has 36 heavy (non-hydrogen) atoms. The molecule has 0 rings (SSSR count). The Morgan fingerprint density at radius 2 is 1.28 bits per heavy atom. The predicted octanol–water partition coefficient (Wildman–Crippen LogP) is 3.51. The largest absolute Gasteiger partial charge is 0.386 e. The Hall–Kier alpha value is -2.96. The highest BCUT2D eigenvalue weighted by Crippen LogP contribution is 2.32. The molecule has 0 spiro atoms. The zero-order chi connectivity index (χ0) is 28.8. The van der Waals surface area contributed by atoms with E-state index in [1.165, 1.54) is 4.70 Å². The van der Waals surface area contributed by atoms with Gasteiger partial charge in [-0.25, -0.2) is 0 Å². The fourth-order valence-corrected chi connectivity index (χ4v) is 3.43. The fraction of sp³-hybridized carbons (Fsp3) is 0.833. The Kier molecular flexibility index (Phi) is 10.5. The summed E-state index contributed by atoms with van der Waals surface area (Å²) in [6.45, 7) is 15.4. The summed E-state index contributed by atoms with van der Waals surface area (Å²) in [6.07, 6.45) is 0.449. The number of methoxy groups -OCH3 is 2. The van der Waals surface area contributed by atoms with Gasteiger partial charge in [-0.3, -0.25) is 10.8 Å². The molecule has 0 aromatic rings. The van der Waals surface area contributed by atoms with Crippen molar-refractivity contribution in [3.63, 3.8) is 0 Å². The normalized spacial score (nSPS) is 18.4. The molecule has 0 aliphatic heterocycles. The van der Waals surface area contributed by atoms with E-state index in [1.54, 1.807) is 48.8 Å². The number of azo groups is 3. The quantitative estimate of drug-likeness (QED) is 0.120. The number of hydrogen-bond acceptors (Lipinski definition) is 9. The van der Waals surface area contributed by atoms with Gasteiger partial charge in [0.15, 0.2) is 5.54 Å². The number of nitrogens with one attached hydrogen (secondary N) is 2. The van der Waals surface area contributed by atoms with Crippen LogP contribution in [-0.4, -0.2) is 70.5 Å². The standard InChI is InChI=1S/C24H45N10O2/c1-19(2,35-10)12-22(7,14-25)33-34(23(8,15-26)13-20(3,4)36-11)16-24(9,18(29)30)32-31-21(5,6)17(27)28/h12-13,16H2,1-11H3,(H3,27,28)(H3,29,30)/q+1. The highest BCUT2D eigenvalue weighted by Gasteiger charge is 2.50. The minimum Gasteiger partial charge on any atom is -0.386 e. The van der Waals surface area contributed by atoms with Crippen LogP contribution in [0, 0.1) is 33.5 Å². The first-order chi connectivity index (χ1) is 16.1. The van der Waals surface area contributed by atoms with Gasteiger partial charge in [0.05, 0.1) is 23.7 Å². The first-order valence-electron chi connectivity index (χ1n) is 11.6. The van der Waals surface area contributed by atoms with Crippen molar-refractivity contribution in [2.75, 3.05) is 20.8 Å². The highest BCUT2D eigenvalue weighted by atomic mass is 16.5. The summed E-state index contributed by atoms with van der Waals surface area (Å²) in [5.41, 5.74) is 5.07. The van der Waals surface area contributed by atoms with Gasteiger partial charge in [0.25, 0.3) is 5.54 Å². The number of nitrogens with zero attached hydrogens (tertiary/aromatic N) is 6. The third-order valence-corrected chi connectivity index (χ3v) is 6.26. The molecule has 0 saturated carbocycles. The van der Waals surface area contributed by atoms with E-state index in [9.17, 15) is 10.5 Å². The molecule has 0 aromatic carbocycles. The summed E-state index contributed by atoms with van der Waals surface area (Å²) >= 11 is 0. The lowest BCUT2D eigenvalue weighted by atomic mass is 9.86. The molecule has 0 radical (unpaired) electrons. The number of rotatable bonds is 14. The van der Waals surface area contributed by atoms with Crippen LogP contribution in [0.25, 0.3) is 0 Å². The first-order valence-corrected chi connectivity index (χ1v) is 11.6. The van der Waals surface area contributed by atoms with Gasteiger partial charge in [-0.1, -0.05) is 0 Å². The summed E-state index contributed by atoms with van der Waals surface area (Å²) in [4.78, 5) is 0. The summed E-state index contributed by atoms with van der Waals surface area (Å²) in [6, 6.07) is 4.56. The molecule has 0 amide bonds. The second kappa shape index (κ2) is 11.4. The molecule has 6 N–H and O–H groups in total. The summed E-state index contributed by atoms with van der Waals surface area (Å²) < 4.78 is 12.6. The van der Waals surface area contributed by atoms with Crippen molar-refractivity contribution in [3.05, 3.63) is 0 Å². The van der Waals surface area contributed by atoms with Gasteiger partial charge >= 0.3 is 0 Å². The van der Waals surface area contributed by atoms with Crippen LogP contribution in [0.3, 0.4) is 0 Å². The van der Waals surface area contributed by atoms with Gasteiger partial charge in [-0.15, -0.1) is 4.70 Å². The van der Waals surface area contributed by atoms with Gasteiger partial charge in [-0.05, 0) is 60.5 Å². The van der Waals surface area contributed by atoms with Crippen LogP contribution in [0.15, 0.2) is 15.3 Å². The van der Waals surface area contributed by atoms with Crippen molar-refractivity contribution in [3.8, 4) is 12.1 Å². The van der Waals surface area contributed by atoms with E-state index >= 15 is 0 Å². The number of hydrogen-bond donors (Lipinski definition) is 4. The van der Waals surface area contributed by atoms with Crippen molar-refractivity contribution in [2.45, 2.75) is 109 Å². The summed E-state index contributed by atoms with van der Waals surface area (Å²) in [5.74, 6) is -0.533. The van der Waals surface area contributed by atoms with Crippen LogP contribution >= 0.6 is 0 Å². The van der Waals surface area contributed by atoms with Crippen LogP contribution in [0.4, 0.5) is 0 Å². The van der Waals surface area contributed by atoms with E-state index in [0.29, 0.717) is 0 Å². The van der Waals surface area contributed by atoms with Gasteiger partial charge in [0, 0.05) is 27.6 Å². The van der Waals surface area contributed by atoms with Gasteiger partial charge in [0.2, 0.25) is 12.1 Å². The maximum absolute atomic E-state index is 10.3. The van der Waals surface area contributed by atoms with E-state index in [1.807, 2.05) is 27.7 Å². The average molecular weight is 506 g/mol. The van der Waals surface area contributed by atoms with Crippen LogP contribution in [0.1, 0.15) is 75.2 Å². The molecule has 3 unspecified atom stereocenters. The smallest absolute Gasteiger partial charge is 0.272 e. The molecule has 0 bridgehead atoms. The lowest BCUT2D eigenvalue weighted by Gasteiger charge is -2.33. The third kappa shape index (κ3) is 8.92. The molecule has 3 atom stereocenters. The molecule has 0 fully saturated rings.